The lowest BCUT2D eigenvalue weighted by Crippen LogP contribution is -2.12. The van der Waals surface area contributed by atoms with Crippen LogP contribution >= 0.6 is 0 Å². The van der Waals surface area contributed by atoms with E-state index in [0.29, 0.717) is 5.69 Å². The number of carbonyl (C=O) groups is 1. The molecular weight excluding hydrogens is 326 g/mol. The number of esters is 1. The number of aliphatic hydroxyl groups excluding tert-OH is 1. The molecule has 3 aromatic rings. The van der Waals surface area contributed by atoms with Crippen LogP contribution in [0.2, 0.25) is 0 Å². The molecule has 0 saturated heterocycles. The molecule has 1 aliphatic carbocycles. The molecule has 0 bridgehead atoms. The predicted molar refractivity (Wildman–Crippen MR) is 100 cm³/mol. The first-order valence-corrected chi connectivity index (χ1v) is 8.75. The highest BCUT2D eigenvalue weighted by molar-refractivity contribution is 5.91. The third kappa shape index (κ3) is 2.45. The first-order chi connectivity index (χ1) is 12.5. The average Bonchev–Trinajstić information content (AvgIpc) is 3.10. The summed E-state index contributed by atoms with van der Waals surface area (Å²) >= 11 is 0. The number of aromatic amines is 1. The Labute approximate surface area is 152 Å². The van der Waals surface area contributed by atoms with E-state index < -0.39 is 18.2 Å². The van der Waals surface area contributed by atoms with Gasteiger partial charge in [-0.3, -0.25) is 0 Å². The van der Waals surface area contributed by atoms with E-state index in [1.54, 1.807) is 6.92 Å². The summed E-state index contributed by atoms with van der Waals surface area (Å²) < 4.78 is 5.93. The summed E-state index contributed by atoms with van der Waals surface area (Å²) in [5, 5.41) is 9.95. The van der Waals surface area contributed by atoms with Crippen molar-refractivity contribution in [1.82, 2.24) is 4.98 Å². The van der Waals surface area contributed by atoms with Gasteiger partial charge in [0.05, 0.1) is 6.10 Å². The fourth-order valence-corrected chi connectivity index (χ4v) is 4.00. The number of fused-ring (bicyclic) bond motifs is 3. The van der Waals surface area contributed by atoms with Crippen molar-refractivity contribution in [2.24, 2.45) is 0 Å². The molecule has 4 rings (SSSR count). The molecule has 1 aromatic heterocycles. The quantitative estimate of drug-likeness (QED) is 0.680. The van der Waals surface area contributed by atoms with E-state index in [-0.39, 0.29) is 0 Å². The normalized spacial score (nSPS) is 14.0. The van der Waals surface area contributed by atoms with Crippen LogP contribution in [0.3, 0.4) is 0 Å². The van der Waals surface area contributed by atoms with Crippen LogP contribution in [-0.2, 0) is 4.74 Å². The lowest BCUT2D eigenvalue weighted by atomic mass is 10.1. The molecule has 132 valence electrons. The monoisotopic (exact) mass is 347 g/mol. The van der Waals surface area contributed by atoms with Gasteiger partial charge in [-0.05, 0) is 37.5 Å². The van der Waals surface area contributed by atoms with E-state index in [2.05, 4.69) is 17.1 Å². The first-order valence-electron chi connectivity index (χ1n) is 8.75. The van der Waals surface area contributed by atoms with Gasteiger partial charge in [-0.25, -0.2) is 4.79 Å². The zero-order valence-electron chi connectivity index (χ0n) is 15.0. The van der Waals surface area contributed by atoms with Crippen molar-refractivity contribution in [3.05, 3.63) is 82.2 Å². The zero-order chi connectivity index (χ0) is 18.4. The molecule has 4 heteroatoms. The minimum Gasteiger partial charge on any atom is -0.448 e. The highest BCUT2D eigenvalue weighted by Gasteiger charge is 2.32. The van der Waals surface area contributed by atoms with Gasteiger partial charge in [0.15, 0.2) is 6.10 Å². The minimum atomic E-state index is -0.638. The topological polar surface area (TPSA) is 62.3 Å². The second-order valence-corrected chi connectivity index (χ2v) is 6.80. The number of ether oxygens (including phenoxy) is 1. The van der Waals surface area contributed by atoms with E-state index in [1.165, 1.54) is 0 Å². The van der Waals surface area contributed by atoms with Gasteiger partial charge in [0.25, 0.3) is 0 Å². The Hall–Kier alpha value is -2.85. The van der Waals surface area contributed by atoms with Crippen molar-refractivity contribution in [3.63, 3.8) is 0 Å². The number of nitrogens with one attached hydrogen (secondary N) is 1. The Morgan fingerprint density at radius 2 is 1.58 bits per heavy atom. The largest absolute Gasteiger partial charge is 0.448 e. The molecule has 1 atom stereocenters. The molecule has 2 N–H and O–H groups in total. The molecule has 1 aliphatic rings. The molecule has 0 aliphatic heterocycles. The smallest absolute Gasteiger partial charge is 0.355 e. The molecule has 1 heterocycles. The summed E-state index contributed by atoms with van der Waals surface area (Å²) in [5.74, 6) is -0.408. The summed E-state index contributed by atoms with van der Waals surface area (Å²) in [7, 11) is 0. The number of hydrogen-bond acceptors (Lipinski definition) is 3. The van der Waals surface area contributed by atoms with Crippen molar-refractivity contribution in [2.45, 2.75) is 33.0 Å². The van der Waals surface area contributed by atoms with E-state index in [9.17, 15) is 9.90 Å². The third-order valence-corrected chi connectivity index (χ3v) is 5.12. The Bertz CT molecular complexity index is 955. The van der Waals surface area contributed by atoms with Crippen molar-refractivity contribution >= 4 is 5.97 Å². The maximum Gasteiger partial charge on any atom is 0.355 e. The van der Waals surface area contributed by atoms with Crippen molar-refractivity contribution in [3.8, 4) is 11.1 Å². The Morgan fingerprint density at radius 1 is 1.04 bits per heavy atom. The fourth-order valence-electron chi connectivity index (χ4n) is 4.00. The fraction of sp³-hybridized carbons (Fsp3) is 0.227. The number of aromatic nitrogens is 1. The number of aliphatic hydroxyl groups is 1. The predicted octanol–water partition coefficient (Wildman–Crippen LogP) is 4.61. The SMILES string of the molecule is Cc1[nH]c(C(=O)OC2c3ccccc3-c3ccccc32)c(C)c1[C@@H](C)O. The third-order valence-electron chi connectivity index (χ3n) is 5.12. The van der Waals surface area contributed by atoms with Gasteiger partial charge in [0.2, 0.25) is 0 Å². The molecular formula is C22H21NO3. The summed E-state index contributed by atoms with van der Waals surface area (Å²) in [4.78, 5) is 16.0. The molecule has 0 amide bonds. The maximum atomic E-state index is 12.9. The van der Waals surface area contributed by atoms with E-state index in [0.717, 1.165) is 39.1 Å². The van der Waals surface area contributed by atoms with Crippen LogP contribution in [0.4, 0.5) is 0 Å². The van der Waals surface area contributed by atoms with Gasteiger partial charge in [0, 0.05) is 22.4 Å². The number of benzene rings is 2. The summed E-state index contributed by atoms with van der Waals surface area (Å²) in [6.07, 6.45) is -1.06. The van der Waals surface area contributed by atoms with Crippen LogP contribution < -0.4 is 0 Å². The highest BCUT2D eigenvalue weighted by atomic mass is 16.5. The van der Waals surface area contributed by atoms with Crippen LogP contribution in [0, 0.1) is 13.8 Å². The van der Waals surface area contributed by atoms with Gasteiger partial charge in [-0.1, -0.05) is 48.5 Å². The second-order valence-electron chi connectivity index (χ2n) is 6.80. The molecule has 0 fully saturated rings. The number of rotatable bonds is 3. The number of carbonyl (C=O) groups excluding carboxylic acids is 1. The van der Waals surface area contributed by atoms with E-state index in [1.807, 2.05) is 50.2 Å². The van der Waals surface area contributed by atoms with Gasteiger partial charge in [0.1, 0.15) is 5.69 Å². The summed E-state index contributed by atoms with van der Waals surface area (Å²) in [6.45, 7) is 5.38. The molecule has 0 saturated carbocycles. The Balaban J connectivity index is 1.72. The summed E-state index contributed by atoms with van der Waals surface area (Å²) in [5.41, 5.74) is 6.88. The maximum absolute atomic E-state index is 12.9. The molecule has 2 aromatic carbocycles. The van der Waals surface area contributed by atoms with E-state index in [4.69, 9.17) is 4.74 Å². The highest BCUT2D eigenvalue weighted by Crippen LogP contribution is 2.45. The van der Waals surface area contributed by atoms with Crippen LogP contribution in [-0.4, -0.2) is 16.1 Å². The Morgan fingerprint density at radius 3 is 2.08 bits per heavy atom. The van der Waals surface area contributed by atoms with Gasteiger partial charge in [-0.15, -0.1) is 0 Å². The molecule has 26 heavy (non-hydrogen) atoms. The van der Waals surface area contributed by atoms with Gasteiger partial charge < -0.3 is 14.8 Å². The van der Waals surface area contributed by atoms with Crippen molar-refractivity contribution in [2.75, 3.05) is 0 Å². The average molecular weight is 347 g/mol. The lowest BCUT2D eigenvalue weighted by molar-refractivity contribution is 0.0378. The number of hydrogen-bond donors (Lipinski definition) is 2. The van der Waals surface area contributed by atoms with Gasteiger partial charge >= 0.3 is 5.97 Å². The molecule has 0 radical (unpaired) electrons. The van der Waals surface area contributed by atoms with Crippen LogP contribution in [0.5, 0.6) is 0 Å². The minimum absolute atomic E-state index is 0.403. The van der Waals surface area contributed by atoms with Crippen LogP contribution in [0.25, 0.3) is 11.1 Å². The van der Waals surface area contributed by atoms with E-state index >= 15 is 0 Å². The van der Waals surface area contributed by atoms with Crippen LogP contribution in [0.1, 0.15) is 57.6 Å². The van der Waals surface area contributed by atoms with Gasteiger partial charge in [-0.2, -0.15) is 0 Å². The van der Waals surface area contributed by atoms with Crippen molar-refractivity contribution < 1.29 is 14.6 Å². The zero-order valence-corrected chi connectivity index (χ0v) is 15.0. The molecule has 0 spiro atoms. The number of aryl methyl sites for hydroxylation is 1. The molecule has 4 nitrogen and oxygen atoms in total. The molecule has 0 unspecified atom stereocenters. The van der Waals surface area contributed by atoms with Crippen molar-refractivity contribution in [1.29, 1.82) is 0 Å². The first kappa shape index (κ1) is 16.6. The standard InChI is InChI=1S/C22H21NO3/c1-12-19(14(3)24)13(2)23-20(12)22(25)26-21-17-10-6-4-8-15(17)16-9-5-7-11-18(16)21/h4-11,14,21,23-24H,1-3H3/t14-/m1/s1. The lowest BCUT2D eigenvalue weighted by Gasteiger charge is -2.15. The Kier molecular flexibility index (Phi) is 3.93. The number of H-pyrrole nitrogens is 1. The van der Waals surface area contributed by atoms with Crippen LogP contribution in [0.15, 0.2) is 48.5 Å². The summed E-state index contributed by atoms with van der Waals surface area (Å²) in [6, 6.07) is 16.0. The second kappa shape index (κ2) is 6.15.